The van der Waals surface area contributed by atoms with Gasteiger partial charge in [-0.05, 0) is 18.4 Å². The van der Waals surface area contributed by atoms with Gasteiger partial charge in [0.25, 0.3) is 0 Å². The lowest BCUT2D eigenvalue weighted by Gasteiger charge is -2.42. The Hall–Kier alpha value is -1.35. The maximum absolute atomic E-state index is 12.5. The summed E-state index contributed by atoms with van der Waals surface area (Å²) in [7, 11) is 0. The van der Waals surface area contributed by atoms with Crippen molar-refractivity contribution < 1.29 is 4.79 Å². The van der Waals surface area contributed by atoms with Gasteiger partial charge in [-0.3, -0.25) is 9.69 Å². The number of amides is 1. The Balaban J connectivity index is 1.83. The van der Waals surface area contributed by atoms with Crippen molar-refractivity contribution in [3.63, 3.8) is 0 Å². The van der Waals surface area contributed by atoms with Crippen molar-refractivity contribution in [2.24, 2.45) is 5.92 Å². The molecule has 0 aromatic heterocycles. The number of hydrogen-bond acceptors (Lipinski definition) is 2. The van der Waals surface area contributed by atoms with E-state index in [1.807, 2.05) is 19.9 Å². The predicted molar refractivity (Wildman–Crippen MR) is 80.3 cm³/mol. The van der Waals surface area contributed by atoms with Crippen LogP contribution in [0, 0.1) is 5.92 Å². The van der Waals surface area contributed by atoms with Gasteiger partial charge in [0.1, 0.15) is 0 Å². The normalized spacial score (nSPS) is 24.1. The van der Waals surface area contributed by atoms with Gasteiger partial charge in [-0.15, -0.1) is 0 Å². The third-order valence-electron chi connectivity index (χ3n) is 4.44. The minimum atomic E-state index is 0.0775. The van der Waals surface area contributed by atoms with E-state index in [9.17, 15) is 4.79 Å². The SMILES string of the molecule is CC(C)C(=O)N1CCN(C2CC2)CC1c1ccccc1. The number of benzene rings is 1. The Morgan fingerprint density at radius 1 is 1.15 bits per heavy atom. The minimum absolute atomic E-state index is 0.0775. The third-order valence-corrected chi connectivity index (χ3v) is 4.44. The lowest BCUT2D eigenvalue weighted by Crippen LogP contribution is -2.52. The lowest BCUT2D eigenvalue weighted by molar-refractivity contribution is -0.139. The molecule has 108 valence electrons. The highest BCUT2D eigenvalue weighted by atomic mass is 16.2. The molecule has 3 rings (SSSR count). The van der Waals surface area contributed by atoms with Crippen LogP contribution >= 0.6 is 0 Å². The molecule has 2 fully saturated rings. The first kappa shape index (κ1) is 13.6. The smallest absolute Gasteiger partial charge is 0.225 e. The van der Waals surface area contributed by atoms with Crippen molar-refractivity contribution in [2.75, 3.05) is 19.6 Å². The summed E-state index contributed by atoms with van der Waals surface area (Å²) in [6, 6.07) is 11.5. The van der Waals surface area contributed by atoms with Crippen molar-refractivity contribution in [3.05, 3.63) is 35.9 Å². The fourth-order valence-electron chi connectivity index (χ4n) is 3.13. The molecule has 3 nitrogen and oxygen atoms in total. The van der Waals surface area contributed by atoms with E-state index in [-0.39, 0.29) is 17.9 Å². The summed E-state index contributed by atoms with van der Waals surface area (Å²) in [5, 5.41) is 0. The van der Waals surface area contributed by atoms with Crippen molar-refractivity contribution >= 4 is 5.91 Å². The summed E-state index contributed by atoms with van der Waals surface area (Å²) in [5.41, 5.74) is 1.27. The van der Waals surface area contributed by atoms with E-state index < -0.39 is 0 Å². The Labute approximate surface area is 121 Å². The highest BCUT2D eigenvalue weighted by molar-refractivity contribution is 5.78. The lowest BCUT2D eigenvalue weighted by atomic mass is 10.00. The molecular formula is C17H24N2O. The molecule has 20 heavy (non-hydrogen) atoms. The summed E-state index contributed by atoms with van der Waals surface area (Å²) in [5.74, 6) is 0.364. The summed E-state index contributed by atoms with van der Waals surface area (Å²) >= 11 is 0. The number of piperazine rings is 1. The van der Waals surface area contributed by atoms with E-state index in [0.717, 1.165) is 25.7 Å². The van der Waals surface area contributed by atoms with Gasteiger partial charge in [-0.2, -0.15) is 0 Å². The van der Waals surface area contributed by atoms with Crippen molar-refractivity contribution in [1.82, 2.24) is 9.80 Å². The van der Waals surface area contributed by atoms with Crippen LogP contribution < -0.4 is 0 Å². The number of hydrogen-bond donors (Lipinski definition) is 0. The second-order valence-electron chi connectivity index (χ2n) is 6.34. The van der Waals surface area contributed by atoms with Crippen LogP contribution in [0.15, 0.2) is 30.3 Å². The summed E-state index contributed by atoms with van der Waals surface area (Å²) < 4.78 is 0. The Morgan fingerprint density at radius 3 is 2.45 bits per heavy atom. The molecule has 0 spiro atoms. The molecule has 0 bridgehead atoms. The highest BCUT2D eigenvalue weighted by Crippen LogP contribution is 2.34. The molecule has 0 N–H and O–H groups in total. The number of rotatable bonds is 3. The van der Waals surface area contributed by atoms with Crippen LogP contribution in [0.5, 0.6) is 0 Å². The molecule has 3 heteroatoms. The summed E-state index contributed by atoms with van der Waals surface area (Å²) in [6.07, 6.45) is 2.67. The molecule has 1 aliphatic carbocycles. The predicted octanol–water partition coefficient (Wildman–Crippen LogP) is 2.69. The van der Waals surface area contributed by atoms with Crippen LogP contribution in [0.1, 0.15) is 38.3 Å². The zero-order valence-electron chi connectivity index (χ0n) is 12.5. The standard InChI is InChI=1S/C17H24N2O/c1-13(2)17(20)19-11-10-18(15-8-9-15)12-16(19)14-6-4-3-5-7-14/h3-7,13,15-16H,8-12H2,1-2H3. The van der Waals surface area contributed by atoms with E-state index in [1.54, 1.807) is 0 Å². The van der Waals surface area contributed by atoms with Gasteiger partial charge in [-0.25, -0.2) is 0 Å². The van der Waals surface area contributed by atoms with Crippen molar-refractivity contribution in [1.29, 1.82) is 0 Å². The molecule has 0 radical (unpaired) electrons. The van der Waals surface area contributed by atoms with Crippen LogP contribution in [0.25, 0.3) is 0 Å². The highest BCUT2D eigenvalue weighted by Gasteiger charge is 2.38. The van der Waals surface area contributed by atoms with Crippen LogP contribution in [0.3, 0.4) is 0 Å². The molecule has 1 saturated heterocycles. The molecule has 1 unspecified atom stereocenters. The molecule has 1 aromatic carbocycles. The van der Waals surface area contributed by atoms with E-state index in [4.69, 9.17) is 0 Å². The number of carbonyl (C=O) groups excluding carboxylic acids is 1. The molecule has 2 aliphatic rings. The first-order valence-corrected chi connectivity index (χ1v) is 7.76. The number of nitrogens with zero attached hydrogens (tertiary/aromatic N) is 2. The van der Waals surface area contributed by atoms with Gasteiger partial charge >= 0.3 is 0 Å². The topological polar surface area (TPSA) is 23.6 Å². The van der Waals surface area contributed by atoms with Gasteiger partial charge in [0.2, 0.25) is 5.91 Å². The van der Waals surface area contributed by atoms with E-state index in [2.05, 4.69) is 34.1 Å². The van der Waals surface area contributed by atoms with Gasteiger partial charge in [0, 0.05) is 31.6 Å². The van der Waals surface area contributed by atoms with Gasteiger partial charge in [0.15, 0.2) is 0 Å². The second-order valence-corrected chi connectivity index (χ2v) is 6.34. The molecule has 1 saturated carbocycles. The maximum Gasteiger partial charge on any atom is 0.225 e. The van der Waals surface area contributed by atoms with Gasteiger partial charge in [-0.1, -0.05) is 44.2 Å². The monoisotopic (exact) mass is 272 g/mol. The zero-order valence-corrected chi connectivity index (χ0v) is 12.5. The Morgan fingerprint density at radius 2 is 1.85 bits per heavy atom. The Bertz CT molecular complexity index is 467. The average Bonchev–Trinajstić information content (AvgIpc) is 3.31. The quantitative estimate of drug-likeness (QED) is 0.844. The first-order valence-electron chi connectivity index (χ1n) is 7.76. The van der Waals surface area contributed by atoms with Crippen molar-refractivity contribution in [2.45, 2.75) is 38.8 Å². The van der Waals surface area contributed by atoms with Crippen molar-refractivity contribution in [3.8, 4) is 0 Å². The minimum Gasteiger partial charge on any atom is -0.333 e. The van der Waals surface area contributed by atoms with Crippen LogP contribution in [0.4, 0.5) is 0 Å². The zero-order chi connectivity index (χ0) is 14.1. The molecule has 1 atom stereocenters. The third kappa shape index (κ3) is 2.73. The summed E-state index contributed by atoms with van der Waals surface area (Å²) in [4.78, 5) is 17.1. The molecular weight excluding hydrogens is 248 g/mol. The number of carbonyl (C=O) groups is 1. The largest absolute Gasteiger partial charge is 0.333 e. The van der Waals surface area contributed by atoms with E-state index >= 15 is 0 Å². The van der Waals surface area contributed by atoms with Crippen LogP contribution in [0.2, 0.25) is 0 Å². The fourth-order valence-corrected chi connectivity index (χ4v) is 3.13. The Kier molecular flexibility index (Phi) is 3.79. The molecule has 1 aromatic rings. The molecule has 1 heterocycles. The van der Waals surface area contributed by atoms with E-state index in [0.29, 0.717) is 0 Å². The van der Waals surface area contributed by atoms with E-state index in [1.165, 1.54) is 18.4 Å². The fraction of sp³-hybridized carbons (Fsp3) is 0.588. The van der Waals surface area contributed by atoms with Gasteiger partial charge < -0.3 is 4.90 Å². The first-order chi connectivity index (χ1) is 9.66. The summed E-state index contributed by atoms with van der Waals surface area (Å²) in [6.45, 7) is 6.89. The van der Waals surface area contributed by atoms with Crippen LogP contribution in [-0.2, 0) is 4.79 Å². The van der Waals surface area contributed by atoms with Crippen LogP contribution in [-0.4, -0.2) is 41.4 Å². The maximum atomic E-state index is 12.5. The average molecular weight is 272 g/mol. The molecule has 1 aliphatic heterocycles. The van der Waals surface area contributed by atoms with Gasteiger partial charge in [0.05, 0.1) is 6.04 Å². The second kappa shape index (κ2) is 5.57. The molecule has 1 amide bonds.